The molecule has 0 amide bonds. The van der Waals surface area contributed by atoms with Crippen molar-refractivity contribution < 1.29 is 19.4 Å². The molecule has 0 saturated carbocycles. The number of rotatable bonds is 7. The van der Waals surface area contributed by atoms with Crippen LogP contribution in [0.5, 0.6) is 0 Å². The smallest absolute Gasteiger partial charge is 0.335 e. The zero-order valence-electron chi connectivity index (χ0n) is 8.45. The maximum atomic E-state index is 10.6. The number of carboxylic acid groups (broad SMARTS) is 1. The fourth-order valence-corrected chi connectivity index (χ4v) is 0.761. The van der Waals surface area contributed by atoms with E-state index in [0.29, 0.717) is 6.61 Å². The van der Waals surface area contributed by atoms with E-state index in [0.717, 1.165) is 6.42 Å². The first kappa shape index (κ1) is 12.4. The fourth-order valence-electron chi connectivity index (χ4n) is 0.761. The minimum Gasteiger partial charge on any atom is -0.479 e. The summed E-state index contributed by atoms with van der Waals surface area (Å²) in [6.45, 7) is 6.17. The van der Waals surface area contributed by atoms with Gasteiger partial charge in [0.1, 0.15) is 0 Å². The number of carboxylic acids is 1. The minimum absolute atomic E-state index is 0.0855. The van der Waals surface area contributed by atoms with Gasteiger partial charge in [-0.25, -0.2) is 4.79 Å². The van der Waals surface area contributed by atoms with E-state index < -0.39 is 12.1 Å². The Kier molecular flexibility index (Phi) is 6.54. The number of hydrogen-bond acceptors (Lipinski definition) is 3. The van der Waals surface area contributed by atoms with Crippen molar-refractivity contribution in [2.24, 2.45) is 0 Å². The van der Waals surface area contributed by atoms with Gasteiger partial charge in [0.2, 0.25) is 0 Å². The van der Waals surface area contributed by atoms with Crippen molar-refractivity contribution in [3.8, 4) is 0 Å². The summed E-state index contributed by atoms with van der Waals surface area (Å²) in [7, 11) is 0. The van der Waals surface area contributed by atoms with Crippen LogP contribution in [0.2, 0.25) is 0 Å². The molecular formula is C9H18O4. The third-order valence-corrected chi connectivity index (χ3v) is 1.75. The SMILES string of the molecule is CCOC(COC(C)CC)C(=O)O. The van der Waals surface area contributed by atoms with Crippen LogP contribution in [-0.2, 0) is 14.3 Å². The molecule has 0 aliphatic heterocycles. The zero-order chi connectivity index (χ0) is 10.3. The zero-order valence-corrected chi connectivity index (χ0v) is 8.45. The van der Waals surface area contributed by atoms with E-state index in [9.17, 15) is 4.79 Å². The van der Waals surface area contributed by atoms with E-state index in [-0.39, 0.29) is 12.7 Å². The first-order valence-electron chi connectivity index (χ1n) is 4.57. The number of aliphatic carboxylic acids is 1. The molecular weight excluding hydrogens is 172 g/mol. The van der Waals surface area contributed by atoms with Gasteiger partial charge < -0.3 is 14.6 Å². The van der Waals surface area contributed by atoms with Crippen molar-refractivity contribution in [3.63, 3.8) is 0 Å². The van der Waals surface area contributed by atoms with Crippen molar-refractivity contribution in [2.75, 3.05) is 13.2 Å². The van der Waals surface area contributed by atoms with Crippen molar-refractivity contribution >= 4 is 5.97 Å². The summed E-state index contributed by atoms with van der Waals surface area (Å²) in [6, 6.07) is 0. The lowest BCUT2D eigenvalue weighted by atomic mass is 10.3. The molecule has 0 radical (unpaired) electrons. The second-order valence-corrected chi connectivity index (χ2v) is 2.83. The van der Waals surface area contributed by atoms with Gasteiger partial charge in [-0.05, 0) is 20.3 Å². The topological polar surface area (TPSA) is 55.8 Å². The lowest BCUT2D eigenvalue weighted by molar-refractivity contribution is -0.155. The molecule has 0 aromatic carbocycles. The summed E-state index contributed by atoms with van der Waals surface area (Å²) >= 11 is 0. The molecule has 0 aliphatic rings. The Morgan fingerprint density at radius 3 is 2.38 bits per heavy atom. The van der Waals surface area contributed by atoms with E-state index in [1.807, 2.05) is 13.8 Å². The van der Waals surface area contributed by atoms with Crippen LogP contribution in [0.15, 0.2) is 0 Å². The highest BCUT2D eigenvalue weighted by atomic mass is 16.6. The Morgan fingerprint density at radius 2 is 2.00 bits per heavy atom. The average molecular weight is 190 g/mol. The Hall–Kier alpha value is -0.610. The van der Waals surface area contributed by atoms with E-state index in [1.165, 1.54) is 0 Å². The van der Waals surface area contributed by atoms with Crippen LogP contribution < -0.4 is 0 Å². The van der Waals surface area contributed by atoms with Crippen molar-refractivity contribution in [2.45, 2.75) is 39.4 Å². The number of ether oxygens (including phenoxy) is 2. The Balaban J connectivity index is 3.75. The van der Waals surface area contributed by atoms with Crippen LogP contribution in [-0.4, -0.2) is 36.5 Å². The fraction of sp³-hybridized carbons (Fsp3) is 0.889. The summed E-state index contributed by atoms with van der Waals surface area (Å²) in [5.41, 5.74) is 0. The molecule has 0 heterocycles. The maximum Gasteiger partial charge on any atom is 0.335 e. The highest BCUT2D eigenvalue weighted by Gasteiger charge is 2.18. The quantitative estimate of drug-likeness (QED) is 0.657. The van der Waals surface area contributed by atoms with Crippen molar-refractivity contribution in [1.82, 2.24) is 0 Å². The monoisotopic (exact) mass is 190 g/mol. The second kappa shape index (κ2) is 6.86. The Morgan fingerprint density at radius 1 is 1.38 bits per heavy atom. The normalized spacial score (nSPS) is 15.3. The third kappa shape index (κ3) is 5.60. The maximum absolute atomic E-state index is 10.6. The first-order valence-corrected chi connectivity index (χ1v) is 4.57. The van der Waals surface area contributed by atoms with E-state index in [2.05, 4.69) is 0 Å². The predicted octanol–water partition coefficient (Wildman–Crippen LogP) is 1.29. The standard InChI is InChI=1S/C9H18O4/c1-4-7(3)13-6-8(9(10)11)12-5-2/h7-8H,4-6H2,1-3H3,(H,10,11). The van der Waals surface area contributed by atoms with Crippen LogP contribution in [0.3, 0.4) is 0 Å². The lowest BCUT2D eigenvalue weighted by Gasteiger charge is -2.15. The van der Waals surface area contributed by atoms with E-state index in [1.54, 1.807) is 6.92 Å². The molecule has 0 bridgehead atoms. The van der Waals surface area contributed by atoms with Gasteiger partial charge >= 0.3 is 5.97 Å². The predicted molar refractivity (Wildman–Crippen MR) is 48.8 cm³/mol. The number of hydrogen-bond donors (Lipinski definition) is 1. The second-order valence-electron chi connectivity index (χ2n) is 2.83. The Labute approximate surface area is 78.8 Å². The van der Waals surface area contributed by atoms with Gasteiger partial charge in [0.15, 0.2) is 6.10 Å². The molecule has 0 aromatic heterocycles. The molecule has 4 nitrogen and oxygen atoms in total. The largest absolute Gasteiger partial charge is 0.479 e. The third-order valence-electron chi connectivity index (χ3n) is 1.75. The summed E-state index contributed by atoms with van der Waals surface area (Å²) < 4.78 is 10.2. The molecule has 4 heteroatoms. The Bertz CT molecular complexity index is 147. The van der Waals surface area contributed by atoms with Crippen molar-refractivity contribution in [3.05, 3.63) is 0 Å². The molecule has 2 unspecified atom stereocenters. The van der Waals surface area contributed by atoms with Crippen LogP contribution >= 0.6 is 0 Å². The molecule has 0 saturated heterocycles. The first-order chi connectivity index (χ1) is 6.11. The van der Waals surface area contributed by atoms with Crippen LogP contribution in [0.25, 0.3) is 0 Å². The van der Waals surface area contributed by atoms with Crippen LogP contribution in [0.4, 0.5) is 0 Å². The van der Waals surface area contributed by atoms with Gasteiger partial charge in [-0.1, -0.05) is 6.92 Å². The molecule has 0 fully saturated rings. The molecule has 78 valence electrons. The van der Waals surface area contributed by atoms with E-state index >= 15 is 0 Å². The van der Waals surface area contributed by atoms with Gasteiger partial charge in [0.05, 0.1) is 12.7 Å². The molecule has 0 spiro atoms. The summed E-state index contributed by atoms with van der Waals surface area (Å²) in [5.74, 6) is -0.967. The van der Waals surface area contributed by atoms with Crippen LogP contribution in [0, 0.1) is 0 Å². The lowest BCUT2D eigenvalue weighted by Crippen LogP contribution is -2.30. The number of carbonyl (C=O) groups is 1. The van der Waals surface area contributed by atoms with Gasteiger partial charge in [-0.15, -0.1) is 0 Å². The van der Waals surface area contributed by atoms with Gasteiger partial charge in [0, 0.05) is 6.61 Å². The minimum atomic E-state index is -0.967. The van der Waals surface area contributed by atoms with Gasteiger partial charge in [-0.2, -0.15) is 0 Å². The molecule has 0 aromatic rings. The molecule has 0 rings (SSSR count). The highest BCUT2D eigenvalue weighted by molar-refractivity contribution is 5.72. The van der Waals surface area contributed by atoms with E-state index in [4.69, 9.17) is 14.6 Å². The van der Waals surface area contributed by atoms with Gasteiger partial charge in [-0.3, -0.25) is 0 Å². The summed E-state index contributed by atoms with van der Waals surface area (Å²) in [5, 5.41) is 8.68. The van der Waals surface area contributed by atoms with Crippen LogP contribution in [0.1, 0.15) is 27.2 Å². The summed E-state index contributed by atoms with van der Waals surface area (Å²) in [4.78, 5) is 10.6. The van der Waals surface area contributed by atoms with Gasteiger partial charge in [0.25, 0.3) is 0 Å². The highest BCUT2D eigenvalue weighted by Crippen LogP contribution is 2.00. The molecule has 2 atom stereocenters. The summed E-state index contributed by atoms with van der Waals surface area (Å²) in [6.07, 6.45) is 0.125. The average Bonchev–Trinajstić information content (AvgIpc) is 2.11. The van der Waals surface area contributed by atoms with Crippen molar-refractivity contribution in [1.29, 1.82) is 0 Å². The molecule has 0 aliphatic carbocycles. The molecule has 13 heavy (non-hydrogen) atoms. The molecule has 1 N–H and O–H groups in total.